The second-order valence-corrected chi connectivity index (χ2v) is 4.41. The van der Waals surface area contributed by atoms with Gasteiger partial charge in [-0.25, -0.2) is 4.79 Å². The topological polar surface area (TPSA) is 88.8 Å². The van der Waals surface area contributed by atoms with Crippen LogP contribution < -0.4 is 5.56 Å². The van der Waals surface area contributed by atoms with Gasteiger partial charge in [-0.1, -0.05) is 0 Å². The van der Waals surface area contributed by atoms with Gasteiger partial charge >= 0.3 is 5.97 Å². The van der Waals surface area contributed by atoms with E-state index in [1.807, 2.05) is 0 Å². The number of hydrogen-bond donors (Lipinski definition) is 2. The molecule has 6 heteroatoms. The van der Waals surface area contributed by atoms with Crippen LogP contribution in [0.1, 0.15) is 19.0 Å². The van der Waals surface area contributed by atoms with E-state index in [4.69, 9.17) is 9.84 Å². The number of aryl methyl sites for hydroxylation is 1. The van der Waals surface area contributed by atoms with Crippen LogP contribution in [-0.2, 0) is 9.53 Å². The van der Waals surface area contributed by atoms with Crippen molar-refractivity contribution in [1.82, 2.24) is 4.57 Å². The van der Waals surface area contributed by atoms with Gasteiger partial charge in [0, 0.05) is 18.2 Å². The number of nitrogens with zero attached hydrogens (tertiary/aromatic N) is 1. The standard InChI is InChI=1S/C12H13NO5/c1-7-5-8(14)6-9(15)13(7)10-3-4-12(2,18-10)11(16)17/h3,5-6,14H,4H2,1-2H3,(H,16,17). The summed E-state index contributed by atoms with van der Waals surface area (Å²) < 4.78 is 6.57. The highest BCUT2D eigenvalue weighted by Gasteiger charge is 2.40. The van der Waals surface area contributed by atoms with Crippen LogP contribution in [0.4, 0.5) is 0 Å². The van der Waals surface area contributed by atoms with Crippen molar-refractivity contribution >= 4 is 11.9 Å². The van der Waals surface area contributed by atoms with E-state index in [1.54, 1.807) is 13.0 Å². The average Bonchev–Trinajstić information content (AvgIpc) is 2.60. The highest BCUT2D eigenvalue weighted by molar-refractivity contribution is 5.79. The number of hydrogen-bond acceptors (Lipinski definition) is 4. The molecule has 0 spiro atoms. The second kappa shape index (κ2) is 3.90. The number of pyridine rings is 1. The molecule has 6 nitrogen and oxygen atoms in total. The Labute approximate surface area is 103 Å². The lowest BCUT2D eigenvalue weighted by molar-refractivity contribution is -0.154. The predicted molar refractivity (Wildman–Crippen MR) is 63.1 cm³/mol. The van der Waals surface area contributed by atoms with Gasteiger partial charge in [0.1, 0.15) is 5.75 Å². The molecule has 2 N–H and O–H groups in total. The molecule has 0 radical (unpaired) electrons. The van der Waals surface area contributed by atoms with Crippen molar-refractivity contribution in [2.24, 2.45) is 0 Å². The molecular formula is C12H13NO5. The molecule has 0 bridgehead atoms. The molecule has 1 aromatic rings. The Bertz CT molecular complexity index is 601. The molecule has 0 fully saturated rings. The number of carbonyl (C=O) groups is 1. The lowest BCUT2D eigenvalue weighted by Gasteiger charge is -2.21. The summed E-state index contributed by atoms with van der Waals surface area (Å²) in [7, 11) is 0. The third kappa shape index (κ3) is 1.85. The van der Waals surface area contributed by atoms with Gasteiger partial charge in [-0.2, -0.15) is 0 Å². The Morgan fingerprint density at radius 2 is 2.17 bits per heavy atom. The highest BCUT2D eigenvalue weighted by atomic mass is 16.5. The zero-order chi connectivity index (χ0) is 13.5. The molecule has 2 heterocycles. The van der Waals surface area contributed by atoms with E-state index in [1.165, 1.54) is 17.6 Å². The Balaban J connectivity index is 2.42. The summed E-state index contributed by atoms with van der Waals surface area (Å²) in [4.78, 5) is 22.8. The summed E-state index contributed by atoms with van der Waals surface area (Å²) in [6.45, 7) is 3.07. The maximum atomic E-state index is 11.8. The first-order valence-corrected chi connectivity index (χ1v) is 5.39. The van der Waals surface area contributed by atoms with Gasteiger partial charge in [0.05, 0.1) is 0 Å². The van der Waals surface area contributed by atoms with Crippen LogP contribution in [0, 0.1) is 6.92 Å². The maximum Gasteiger partial charge on any atom is 0.348 e. The molecule has 0 amide bonds. The second-order valence-electron chi connectivity index (χ2n) is 4.41. The van der Waals surface area contributed by atoms with Crippen LogP contribution in [0.25, 0.3) is 5.88 Å². The monoisotopic (exact) mass is 251 g/mol. The number of rotatable bonds is 2. The molecule has 1 unspecified atom stereocenters. The van der Waals surface area contributed by atoms with Crippen LogP contribution in [0.5, 0.6) is 5.75 Å². The summed E-state index contributed by atoms with van der Waals surface area (Å²) in [5, 5.41) is 18.3. The van der Waals surface area contributed by atoms with Gasteiger partial charge in [0.15, 0.2) is 5.88 Å². The summed E-state index contributed by atoms with van der Waals surface area (Å²) >= 11 is 0. The van der Waals surface area contributed by atoms with Gasteiger partial charge in [-0.05, 0) is 26.0 Å². The maximum absolute atomic E-state index is 11.8. The van der Waals surface area contributed by atoms with E-state index in [0.717, 1.165) is 6.07 Å². The molecular weight excluding hydrogens is 238 g/mol. The van der Waals surface area contributed by atoms with Gasteiger partial charge in [0.25, 0.3) is 5.56 Å². The minimum Gasteiger partial charge on any atom is -0.508 e. The highest BCUT2D eigenvalue weighted by Crippen LogP contribution is 2.30. The van der Waals surface area contributed by atoms with Crippen molar-refractivity contribution in [3.63, 3.8) is 0 Å². The van der Waals surface area contributed by atoms with Crippen molar-refractivity contribution in [3.05, 3.63) is 34.3 Å². The molecule has 96 valence electrons. The molecule has 1 aromatic heterocycles. The molecule has 18 heavy (non-hydrogen) atoms. The van der Waals surface area contributed by atoms with Crippen LogP contribution in [-0.4, -0.2) is 26.4 Å². The molecule has 1 atom stereocenters. The SMILES string of the molecule is Cc1cc(O)cc(=O)n1C1=CCC(C)(C(=O)O)O1. The van der Waals surface area contributed by atoms with Crippen LogP contribution in [0.3, 0.4) is 0 Å². The lowest BCUT2D eigenvalue weighted by atomic mass is 10.1. The summed E-state index contributed by atoms with van der Waals surface area (Å²) in [5.74, 6) is -1.03. The van der Waals surface area contributed by atoms with Crippen LogP contribution >= 0.6 is 0 Å². The number of aromatic hydroxyl groups is 1. The van der Waals surface area contributed by atoms with E-state index in [-0.39, 0.29) is 18.1 Å². The van der Waals surface area contributed by atoms with Crippen LogP contribution in [0.2, 0.25) is 0 Å². The Kier molecular flexibility index (Phi) is 2.65. The van der Waals surface area contributed by atoms with E-state index < -0.39 is 17.1 Å². The molecule has 0 aliphatic carbocycles. The zero-order valence-corrected chi connectivity index (χ0v) is 10.0. The number of aromatic nitrogens is 1. The smallest absolute Gasteiger partial charge is 0.348 e. The number of ether oxygens (including phenoxy) is 1. The number of aliphatic carboxylic acids is 1. The van der Waals surface area contributed by atoms with Gasteiger partial charge < -0.3 is 14.9 Å². The molecule has 0 saturated carbocycles. The third-order valence-corrected chi connectivity index (χ3v) is 2.87. The fraction of sp³-hybridized carbons (Fsp3) is 0.333. The van der Waals surface area contributed by atoms with E-state index in [0.29, 0.717) is 5.69 Å². The van der Waals surface area contributed by atoms with Gasteiger partial charge in [-0.15, -0.1) is 0 Å². The van der Waals surface area contributed by atoms with Crippen molar-refractivity contribution in [2.45, 2.75) is 25.9 Å². The summed E-state index contributed by atoms with van der Waals surface area (Å²) in [6, 6.07) is 2.45. The predicted octanol–water partition coefficient (Wildman–Crippen LogP) is 0.924. The van der Waals surface area contributed by atoms with Crippen molar-refractivity contribution in [2.75, 3.05) is 0 Å². The third-order valence-electron chi connectivity index (χ3n) is 2.87. The Morgan fingerprint density at radius 3 is 2.67 bits per heavy atom. The quantitative estimate of drug-likeness (QED) is 0.816. The summed E-state index contributed by atoms with van der Waals surface area (Å²) in [6.07, 6.45) is 1.74. The largest absolute Gasteiger partial charge is 0.508 e. The number of carboxylic acids is 1. The normalized spacial score (nSPS) is 22.4. The molecule has 0 aromatic carbocycles. The van der Waals surface area contributed by atoms with Gasteiger partial charge in [0.2, 0.25) is 5.60 Å². The average molecular weight is 251 g/mol. The molecule has 1 aliphatic rings. The van der Waals surface area contributed by atoms with E-state index in [9.17, 15) is 14.7 Å². The first-order chi connectivity index (χ1) is 8.33. The van der Waals surface area contributed by atoms with Crippen molar-refractivity contribution < 1.29 is 19.7 Å². The fourth-order valence-corrected chi connectivity index (χ4v) is 1.83. The number of carboxylic acid groups (broad SMARTS) is 1. The Hall–Kier alpha value is -2.24. The van der Waals surface area contributed by atoms with Crippen LogP contribution in [0.15, 0.2) is 23.0 Å². The molecule has 1 aliphatic heterocycles. The first-order valence-electron chi connectivity index (χ1n) is 5.39. The Morgan fingerprint density at radius 1 is 1.50 bits per heavy atom. The zero-order valence-electron chi connectivity index (χ0n) is 10.0. The van der Waals surface area contributed by atoms with E-state index in [2.05, 4.69) is 0 Å². The molecule has 0 saturated heterocycles. The summed E-state index contributed by atoms with van der Waals surface area (Å²) in [5.41, 5.74) is -1.34. The first kappa shape index (κ1) is 12.2. The van der Waals surface area contributed by atoms with Crippen molar-refractivity contribution in [1.29, 1.82) is 0 Å². The lowest BCUT2D eigenvalue weighted by Crippen LogP contribution is -2.35. The fourth-order valence-electron chi connectivity index (χ4n) is 1.83. The van der Waals surface area contributed by atoms with E-state index >= 15 is 0 Å². The molecule has 2 rings (SSSR count). The minimum absolute atomic E-state index is 0.131. The van der Waals surface area contributed by atoms with Gasteiger partial charge in [-0.3, -0.25) is 9.36 Å². The van der Waals surface area contributed by atoms with Crippen molar-refractivity contribution in [3.8, 4) is 5.75 Å². The minimum atomic E-state index is -1.35.